The van der Waals surface area contributed by atoms with E-state index in [4.69, 9.17) is 14.8 Å². The third-order valence-corrected chi connectivity index (χ3v) is 8.05. The fourth-order valence-electron chi connectivity index (χ4n) is 5.91. The van der Waals surface area contributed by atoms with E-state index in [0.717, 1.165) is 46.5 Å². The molecule has 1 aliphatic carbocycles. The third kappa shape index (κ3) is 3.59. The summed E-state index contributed by atoms with van der Waals surface area (Å²) in [6.07, 6.45) is 10.2. The summed E-state index contributed by atoms with van der Waals surface area (Å²) in [6, 6.07) is 2.22. The van der Waals surface area contributed by atoms with Gasteiger partial charge in [-0.3, -0.25) is 19.1 Å². The molecule has 2 unspecified atom stereocenters. The highest BCUT2D eigenvalue weighted by Crippen LogP contribution is 2.46. The zero-order chi connectivity index (χ0) is 25.0. The van der Waals surface area contributed by atoms with Crippen molar-refractivity contribution in [3.8, 4) is 11.3 Å². The Bertz CT molecular complexity index is 1350. The summed E-state index contributed by atoms with van der Waals surface area (Å²) in [5.74, 6) is 0.0269. The van der Waals surface area contributed by atoms with Crippen LogP contribution in [0.1, 0.15) is 60.8 Å². The van der Waals surface area contributed by atoms with Gasteiger partial charge in [-0.05, 0) is 43.0 Å². The number of ether oxygens (including phenoxy) is 1. The maximum atomic E-state index is 16.0. The van der Waals surface area contributed by atoms with E-state index in [0.29, 0.717) is 38.4 Å². The molecule has 3 aromatic rings. The van der Waals surface area contributed by atoms with Crippen LogP contribution < -0.4 is 0 Å². The monoisotopic (exact) mass is 490 g/mol. The third-order valence-electron chi connectivity index (χ3n) is 8.05. The molecule has 1 fully saturated rings. The molecule has 2 aliphatic heterocycles. The first-order valence-corrected chi connectivity index (χ1v) is 12.6. The fraction of sp³-hybridized carbons (Fsp3) is 0.481. The molecule has 0 spiro atoms. The van der Waals surface area contributed by atoms with Crippen molar-refractivity contribution in [2.75, 3.05) is 19.8 Å². The number of alkyl halides is 1. The molecule has 3 aromatic heterocycles. The lowest BCUT2D eigenvalue weighted by Crippen LogP contribution is -2.40. The van der Waals surface area contributed by atoms with Crippen molar-refractivity contribution in [1.29, 1.82) is 0 Å². The second-order valence-electron chi connectivity index (χ2n) is 10.3. The molecule has 5 heterocycles. The molecule has 0 bridgehead atoms. The first-order chi connectivity index (χ1) is 17.4. The molecular weight excluding hydrogens is 459 g/mol. The van der Waals surface area contributed by atoms with Gasteiger partial charge in [-0.2, -0.15) is 10.2 Å². The Morgan fingerprint density at radius 2 is 2.06 bits per heavy atom. The Morgan fingerprint density at radius 3 is 2.78 bits per heavy atom. The van der Waals surface area contributed by atoms with Crippen LogP contribution in [-0.2, 0) is 35.0 Å². The zero-order valence-electron chi connectivity index (χ0n) is 20.9. The number of amides is 1. The molecule has 36 heavy (non-hydrogen) atoms. The van der Waals surface area contributed by atoms with E-state index in [9.17, 15) is 4.79 Å². The van der Waals surface area contributed by atoms with Crippen LogP contribution in [0, 0.1) is 0 Å². The summed E-state index contributed by atoms with van der Waals surface area (Å²) >= 11 is 0. The van der Waals surface area contributed by atoms with Crippen molar-refractivity contribution >= 4 is 12.0 Å². The summed E-state index contributed by atoms with van der Waals surface area (Å²) in [5.41, 5.74) is 5.23. The van der Waals surface area contributed by atoms with Gasteiger partial charge in [0.25, 0.3) is 0 Å². The summed E-state index contributed by atoms with van der Waals surface area (Å²) < 4.78 is 25.5. The Labute approximate surface area is 209 Å². The number of nitrogens with zero attached hydrogens (tertiary/aromatic N) is 6. The number of halogens is 1. The lowest BCUT2D eigenvalue weighted by atomic mass is 9.70. The van der Waals surface area contributed by atoms with E-state index in [2.05, 4.69) is 9.78 Å². The van der Waals surface area contributed by atoms with Gasteiger partial charge in [0.05, 0.1) is 29.0 Å². The van der Waals surface area contributed by atoms with Crippen LogP contribution in [0.25, 0.3) is 17.3 Å². The van der Waals surface area contributed by atoms with Crippen LogP contribution >= 0.6 is 0 Å². The Kier molecular flexibility index (Phi) is 5.55. The highest BCUT2D eigenvalue weighted by atomic mass is 19.1. The van der Waals surface area contributed by atoms with Crippen LogP contribution in [0.15, 0.2) is 30.7 Å². The van der Waals surface area contributed by atoms with Crippen LogP contribution in [0.2, 0.25) is 0 Å². The van der Waals surface area contributed by atoms with E-state index in [1.54, 1.807) is 30.1 Å². The highest BCUT2D eigenvalue weighted by molar-refractivity contribution is 5.74. The quantitative estimate of drug-likeness (QED) is 0.561. The van der Waals surface area contributed by atoms with E-state index in [1.165, 1.54) is 0 Å². The Morgan fingerprint density at radius 1 is 1.25 bits per heavy atom. The molecule has 0 radical (unpaired) electrons. The van der Waals surface area contributed by atoms with Crippen molar-refractivity contribution in [3.63, 3.8) is 0 Å². The van der Waals surface area contributed by atoms with Gasteiger partial charge in [0.15, 0.2) is 0 Å². The number of rotatable bonds is 3. The molecule has 9 heteroatoms. The predicted octanol–water partition coefficient (Wildman–Crippen LogP) is 3.61. The fourth-order valence-corrected chi connectivity index (χ4v) is 5.91. The van der Waals surface area contributed by atoms with Gasteiger partial charge >= 0.3 is 0 Å². The normalized spacial score (nSPS) is 24.0. The number of allylic oxidation sites excluding steroid dienone is 1. The van der Waals surface area contributed by atoms with Gasteiger partial charge in [-0.1, -0.05) is 6.08 Å². The molecule has 6 rings (SSSR count). The largest absolute Gasteiger partial charge is 0.381 e. The molecule has 0 aromatic carbocycles. The first kappa shape index (κ1) is 23.1. The lowest BCUT2D eigenvalue weighted by Gasteiger charge is -2.36. The predicted molar refractivity (Wildman–Crippen MR) is 133 cm³/mol. The maximum Gasteiger partial charge on any atom is 0.219 e. The van der Waals surface area contributed by atoms with Crippen molar-refractivity contribution < 1.29 is 13.9 Å². The molecule has 0 saturated carbocycles. The van der Waals surface area contributed by atoms with Gasteiger partial charge in [-0.25, -0.2) is 4.39 Å². The van der Waals surface area contributed by atoms with Crippen molar-refractivity contribution in [3.05, 3.63) is 58.8 Å². The van der Waals surface area contributed by atoms with E-state index < -0.39 is 11.6 Å². The Balaban J connectivity index is 1.49. The zero-order valence-corrected chi connectivity index (χ0v) is 20.9. The molecule has 2 atom stereocenters. The number of aromatic nitrogens is 5. The van der Waals surface area contributed by atoms with Gasteiger partial charge in [0, 0.05) is 75.9 Å². The van der Waals surface area contributed by atoms with Gasteiger partial charge in [0.1, 0.15) is 6.17 Å². The summed E-state index contributed by atoms with van der Waals surface area (Å²) in [6.45, 7) is 6.02. The van der Waals surface area contributed by atoms with Crippen LogP contribution in [0.3, 0.4) is 0 Å². The maximum absolute atomic E-state index is 16.0. The second kappa shape index (κ2) is 8.65. The second-order valence-corrected chi connectivity index (χ2v) is 10.3. The number of aryl methyl sites for hydroxylation is 1. The SMILES string of the molecule is CC(=O)N1CCc2c(c(C3(C)c4cnc(-c5cnn(C)c5)cc4C=CC3F)nn2C2CCOCC2)C1. The topological polar surface area (TPSA) is 78.1 Å². The summed E-state index contributed by atoms with van der Waals surface area (Å²) in [4.78, 5) is 18.8. The van der Waals surface area contributed by atoms with Gasteiger partial charge < -0.3 is 9.64 Å². The number of pyridine rings is 1. The number of hydrogen-bond acceptors (Lipinski definition) is 5. The number of carbonyl (C=O) groups excluding carboxylic acids is 1. The minimum atomic E-state index is -1.27. The van der Waals surface area contributed by atoms with Gasteiger partial charge in [-0.15, -0.1) is 0 Å². The average Bonchev–Trinajstić information content (AvgIpc) is 3.50. The standard InChI is InChI=1S/C27H31FN6O2/c1-17(35)33-9-6-24-21(16-33)26(31-34(24)20-7-10-36-11-8-20)27(2)22-14-29-23(19-13-30-32(3)15-19)12-18(22)4-5-25(27)28/h4-5,12-15,20,25H,6-11,16H2,1-3H3. The van der Waals surface area contributed by atoms with Crippen LogP contribution in [0.5, 0.6) is 0 Å². The van der Waals surface area contributed by atoms with E-state index in [1.807, 2.05) is 37.2 Å². The van der Waals surface area contributed by atoms with Crippen molar-refractivity contribution in [1.82, 2.24) is 29.4 Å². The minimum absolute atomic E-state index is 0.0269. The van der Waals surface area contributed by atoms with E-state index in [-0.39, 0.29) is 11.9 Å². The Hall–Kier alpha value is -3.33. The number of hydrogen-bond donors (Lipinski definition) is 0. The molecule has 1 saturated heterocycles. The molecule has 188 valence electrons. The van der Waals surface area contributed by atoms with Crippen molar-refractivity contribution in [2.24, 2.45) is 7.05 Å². The van der Waals surface area contributed by atoms with Crippen LogP contribution in [-0.4, -0.2) is 61.3 Å². The smallest absolute Gasteiger partial charge is 0.219 e. The van der Waals surface area contributed by atoms with Gasteiger partial charge in [0.2, 0.25) is 5.91 Å². The van der Waals surface area contributed by atoms with Crippen LogP contribution in [0.4, 0.5) is 4.39 Å². The summed E-state index contributed by atoms with van der Waals surface area (Å²) in [5, 5.41) is 9.40. The molecular formula is C27H31FN6O2. The highest BCUT2D eigenvalue weighted by Gasteiger charge is 2.46. The first-order valence-electron chi connectivity index (χ1n) is 12.6. The number of fused-ring (bicyclic) bond motifs is 2. The average molecular weight is 491 g/mol. The molecule has 0 N–H and O–H groups in total. The van der Waals surface area contributed by atoms with E-state index >= 15 is 4.39 Å². The molecule has 3 aliphatic rings. The lowest BCUT2D eigenvalue weighted by molar-refractivity contribution is -0.129. The van der Waals surface area contributed by atoms with Crippen molar-refractivity contribution in [2.45, 2.75) is 57.3 Å². The minimum Gasteiger partial charge on any atom is -0.381 e. The molecule has 8 nitrogen and oxygen atoms in total. The molecule has 1 amide bonds. The number of carbonyl (C=O) groups is 1. The summed E-state index contributed by atoms with van der Waals surface area (Å²) in [7, 11) is 1.87.